The number of nitrogens with zero attached hydrogens (tertiary/aromatic N) is 2. The van der Waals surface area contributed by atoms with Crippen LogP contribution in [-0.2, 0) is 6.54 Å². The van der Waals surface area contributed by atoms with Crippen LogP contribution in [0.1, 0.15) is 21.5 Å². The van der Waals surface area contributed by atoms with E-state index in [0.717, 1.165) is 16.9 Å². The fourth-order valence-corrected chi connectivity index (χ4v) is 3.42. The standard InChI is InChI=1S/C21H18Cl2N2O2/c1-14-10-16(8-9-19(14)27-2)21(26)25(13-15-6-4-3-5-7-15)20-17(22)11-24-12-18(20)23/h3-12H,13H2,1-2H3. The first kappa shape index (κ1) is 19.2. The van der Waals surface area contributed by atoms with Crippen molar-refractivity contribution >= 4 is 34.8 Å². The molecule has 27 heavy (non-hydrogen) atoms. The van der Waals surface area contributed by atoms with E-state index in [1.54, 1.807) is 30.2 Å². The number of aromatic nitrogens is 1. The van der Waals surface area contributed by atoms with Gasteiger partial charge in [0, 0.05) is 18.0 Å². The molecule has 0 saturated heterocycles. The monoisotopic (exact) mass is 400 g/mol. The average Bonchev–Trinajstić information content (AvgIpc) is 2.67. The van der Waals surface area contributed by atoms with Crippen molar-refractivity contribution in [3.05, 3.63) is 87.7 Å². The van der Waals surface area contributed by atoms with Crippen LogP contribution in [-0.4, -0.2) is 18.0 Å². The van der Waals surface area contributed by atoms with Gasteiger partial charge in [-0.3, -0.25) is 9.78 Å². The van der Waals surface area contributed by atoms with E-state index in [1.807, 2.05) is 37.3 Å². The number of carbonyl (C=O) groups is 1. The Morgan fingerprint density at radius 1 is 1.07 bits per heavy atom. The van der Waals surface area contributed by atoms with Crippen LogP contribution in [0, 0.1) is 6.92 Å². The molecule has 1 amide bonds. The van der Waals surface area contributed by atoms with Gasteiger partial charge in [-0.1, -0.05) is 53.5 Å². The topological polar surface area (TPSA) is 42.4 Å². The van der Waals surface area contributed by atoms with Gasteiger partial charge in [0.25, 0.3) is 5.91 Å². The maximum absolute atomic E-state index is 13.4. The van der Waals surface area contributed by atoms with Crippen molar-refractivity contribution in [1.82, 2.24) is 4.98 Å². The van der Waals surface area contributed by atoms with Gasteiger partial charge in [0.1, 0.15) is 5.75 Å². The number of ether oxygens (including phenoxy) is 1. The Kier molecular flexibility index (Phi) is 5.99. The third kappa shape index (κ3) is 4.24. The second-order valence-corrected chi connectivity index (χ2v) is 6.83. The van der Waals surface area contributed by atoms with Crippen LogP contribution in [0.3, 0.4) is 0 Å². The smallest absolute Gasteiger partial charge is 0.258 e. The van der Waals surface area contributed by atoms with E-state index in [1.165, 1.54) is 12.4 Å². The van der Waals surface area contributed by atoms with Crippen LogP contribution in [0.25, 0.3) is 0 Å². The van der Waals surface area contributed by atoms with Crippen LogP contribution < -0.4 is 9.64 Å². The average molecular weight is 401 g/mol. The van der Waals surface area contributed by atoms with Crippen molar-refractivity contribution in [2.24, 2.45) is 0 Å². The van der Waals surface area contributed by atoms with E-state index in [9.17, 15) is 4.79 Å². The Hall–Kier alpha value is -2.56. The number of amides is 1. The SMILES string of the molecule is COc1ccc(C(=O)N(Cc2ccccc2)c2c(Cl)cncc2Cl)cc1C. The predicted octanol–water partition coefficient (Wildman–Crippen LogP) is 5.55. The molecule has 4 nitrogen and oxygen atoms in total. The van der Waals surface area contributed by atoms with E-state index in [2.05, 4.69) is 4.98 Å². The number of anilines is 1. The van der Waals surface area contributed by atoms with Crippen molar-refractivity contribution in [2.75, 3.05) is 12.0 Å². The highest BCUT2D eigenvalue weighted by Crippen LogP contribution is 2.35. The number of rotatable bonds is 5. The first-order valence-electron chi connectivity index (χ1n) is 8.30. The lowest BCUT2D eigenvalue weighted by Crippen LogP contribution is -2.31. The second-order valence-electron chi connectivity index (χ2n) is 6.01. The van der Waals surface area contributed by atoms with Crippen LogP contribution in [0.2, 0.25) is 10.0 Å². The van der Waals surface area contributed by atoms with Gasteiger partial charge in [0.15, 0.2) is 0 Å². The Labute approximate surface area is 168 Å². The summed E-state index contributed by atoms with van der Waals surface area (Å²) in [4.78, 5) is 18.9. The van der Waals surface area contributed by atoms with Gasteiger partial charge in [-0.05, 0) is 36.2 Å². The first-order valence-corrected chi connectivity index (χ1v) is 9.06. The summed E-state index contributed by atoms with van der Waals surface area (Å²) in [5, 5.41) is 0.633. The summed E-state index contributed by atoms with van der Waals surface area (Å²) in [5.41, 5.74) is 2.79. The first-order chi connectivity index (χ1) is 13.0. The predicted molar refractivity (Wildman–Crippen MR) is 109 cm³/mol. The molecule has 3 aromatic rings. The van der Waals surface area contributed by atoms with E-state index < -0.39 is 0 Å². The van der Waals surface area contributed by atoms with Crippen LogP contribution >= 0.6 is 23.2 Å². The summed E-state index contributed by atoms with van der Waals surface area (Å²) >= 11 is 12.7. The minimum absolute atomic E-state index is 0.209. The van der Waals surface area contributed by atoms with Gasteiger partial charge in [-0.15, -0.1) is 0 Å². The molecule has 0 N–H and O–H groups in total. The number of halogens is 2. The lowest BCUT2D eigenvalue weighted by Gasteiger charge is -2.25. The van der Waals surface area contributed by atoms with Crippen molar-refractivity contribution in [2.45, 2.75) is 13.5 Å². The number of carbonyl (C=O) groups excluding carboxylic acids is 1. The van der Waals surface area contributed by atoms with Crippen LogP contribution in [0.4, 0.5) is 5.69 Å². The van der Waals surface area contributed by atoms with E-state index in [4.69, 9.17) is 27.9 Å². The molecule has 0 aliphatic carbocycles. The molecule has 3 rings (SSSR count). The fourth-order valence-electron chi connectivity index (χ4n) is 2.85. The molecule has 138 valence electrons. The number of aryl methyl sites for hydroxylation is 1. The molecular formula is C21H18Cl2N2O2. The summed E-state index contributed by atoms with van der Waals surface area (Å²) in [5.74, 6) is 0.515. The molecule has 0 radical (unpaired) electrons. The molecule has 0 saturated carbocycles. The summed E-state index contributed by atoms with van der Waals surface area (Å²) < 4.78 is 5.28. The van der Waals surface area contributed by atoms with Gasteiger partial charge in [0.05, 0.1) is 29.4 Å². The van der Waals surface area contributed by atoms with Gasteiger partial charge in [-0.2, -0.15) is 0 Å². The van der Waals surface area contributed by atoms with E-state index in [-0.39, 0.29) is 5.91 Å². The Bertz CT molecular complexity index is 941. The number of hydrogen-bond acceptors (Lipinski definition) is 3. The molecule has 0 unspecified atom stereocenters. The minimum Gasteiger partial charge on any atom is -0.496 e. The Balaban J connectivity index is 2.06. The summed E-state index contributed by atoms with van der Waals surface area (Å²) in [6.45, 7) is 2.22. The van der Waals surface area contributed by atoms with Gasteiger partial charge in [0.2, 0.25) is 0 Å². The maximum Gasteiger partial charge on any atom is 0.258 e. The lowest BCUT2D eigenvalue weighted by atomic mass is 10.1. The summed E-state index contributed by atoms with van der Waals surface area (Å²) in [6, 6.07) is 15.0. The fraction of sp³-hybridized carbons (Fsp3) is 0.143. The molecule has 0 aliphatic heterocycles. The van der Waals surface area contributed by atoms with E-state index in [0.29, 0.717) is 27.8 Å². The van der Waals surface area contributed by atoms with Gasteiger partial charge < -0.3 is 9.64 Å². The zero-order chi connectivity index (χ0) is 19.4. The molecule has 1 aromatic heterocycles. The number of hydrogen-bond donors (Lipinski definition) is 0. The molecule has 0 bridgehead atoms. The van der Waals surface area contributed by atoms with Crippen molar-refractivity contribution < 1.29 is 9.53 Å². The number of pyridine rings is 1. The zero-order valence-corrected chi connectivity index (χ0v) is 16.5. The van der Waals surface area contributed by atoms with E-state index >= 15 is 0 Å². The van der Waals surface area contributed by atoms with Crippen LogP contribution in [0.15, 0.2) is 60.9 Å². The number of benzene rings is 2. The number of methoxy groups -OCH3 is 1. The third-order valence-corrected chi connectivity index (χ3v) is 4.72. The quantitative estimate of drug-likeness (QED) is 0.563. The highest BCUT2D eigenvalue weighted by molar-refractivity contribution is 6.40. The third-order valence-electron chi connectivity index (χ3n) is 4.17. The van der Waals surface area contributed by atoms with Crippen molar-refractivity contribution in [3.63, 3.8) is 0 Å². The van der Waals surface area contributed by atoms with Crippen molar-refractivity contribution in [1.29, 1.82) is 0 Å². The minimum atomic E-state index is -0.209. The molecule has 1 heterocycles. The largest absolute Gasteiger partial charge is 0.496 e. The highest BCUT2D eigenvalue weighted by Gasteiger charge is 2.23. The summed E-state index contributed by atoms with van der Waals surface area (Å²) in [7, 11) is 1.60. The van der Waals surface area contributed by atoms with Gasteiger partial charge >= 0.3 is 0 Å². The molecule has 6 heteroatoms. The maximum atomic E-state index is 13.4. The normalized spacial score (nSPS) is 10.5. The lowest BCUT2D eigenvalue weighted by molar-refractivity contribution is 0.0985. The zero-order valence-electron chi connectivity index (χ0n) is 14.9. The van der Waals surface area contributed by atoms with Crippen LogP contribution in [0.5, 0.6) is 5.75 Å². The molecule has 0 spiro atoms. The molecule has 2 aromatic carbocycles. The highest BCUT2D eigenvalue weighted by atomic mass is 35.5. The Morgan fingerprint density at radius 2 is 1.74 bits per heavy atom. The summed E-state index contributed by atoms with van der Waals surface area (Å²) in [6.07, 6.45) is 2.96. The molecular weight excluding hydrogens is 383 g/mol. The van der Waals surface area contributed by atoms with Gasteiger partial charge in [-0.25, -0.2) is 0 Å². The molecule has 0 aliphatic rings. The second kappa shape index (κ2) is 8.42. The van der Waals surface area contributed by atoms with Crippen molar-refractivity contribution in [3.8, 4) is 5.75 Å². The Morgan fingerprint density at radius 3 is 2.33 bits per heavy atom. The molecule has 0 atom stereocenters. The molecule has 0 fully saturated rings.